The standard InChI is InChI=1S/C16H21N7S/c1-11(2)8-14-20-16(24-21-14)23-7-6-22(10-12(23)3)15-13(9-17)18-4-5-19-15/h4-5,11-12H,6-8,10H2,1-3H3. The van der Waals surface area contributed by atoms with E-state index in [4.69, 9.17) is 4.98 Å². The average Bonchev–Trinajstić information content (AvgIpc) is 3.02. The topological polar surface area (TPSA) is 81.8 Å². The van der Waals surface area contributed by atoms with Gasteiger partial charge >= 0.3 is 0 Å². The number of anilines is 2. The lowest BCUT2D eigenvalue weighted by molar-refractivity contribution is 0.544. The van der Waals surface area contributed by atoms with Crippen molar-refractivity contribution in [1.82, 2.24) is 19.3 Å². The van der Waals surface area contributed by atoms with Gasteiger partial charge in [-0.2, -0.15) is 9.64 Å². The molecule has 0 radical (unpaired) electrons. The van der Waals surface area contributed by atoms with Crippen molar-refractivity contribution in [3.63, 3.8) is 0 Å². The van der Waals surface area contributed by atoms with Crippen LogP contribution < -0.4 is 9.80 Å². The lowest BCUT2D eigenvalue weighted by atomic mass is 10.1. The van der Waals surface area contributed by atoms with Gasteiger partial charge in [0.15, 0.2) is 11.5 Å². The van der Waals surface area contributed by atoms with Crippen LogP contribution in [0.3, 0.4) is 0 Å². The Morgan fingerprint density at radius 1 is 1.33 bits per heavy atom. The molecule has 1 saturated heterocycles. The molecule has 3 rings (SSSR count). The monoisotopic (exact) mass is 343 g/mol. The Labute approximate surface area is 146 Å². The number of hydrogen-bond acceptors (Lipinski definition) is 8. The van der Waals surface area contributed by atoms with Gasteiger partial charge in [0.05, 0.1) is 0 Å². The molecule has 24 heavy (non-hydrogen) atoms. The third-order valence-electron chi connectivity index (χ3n) is 4.01. The molecule has 8 heteroatoms. The molecule has 0 aromatic carbocycles. The van der Waals surface area contributed by atoms with Gasteiger partial charge in [-0.15, -0.1) is 0 Å². The molecule has 0 saturated carbocycles. The SMILES string of the molecule is CC(C)Cc1nsc(N2CCN(c3nccnc3C#N)CC2C)n1. The van der Waals surface area contributed by atoms with Crippen LogP contribution >= 0.6 is 11.5 Å². The maximum atomic E-state index is 9.21. The van der Waals surface area contributed by atoms with Crippen LogP contribution in [0.1, 0.15) is 32.3 Å². The van der Waals surface area contributed by atoms with Gasteiger partial charge in [0.25, 0.3) is 0 Å². The van der Waals surface area contributed by atoms with Crippen molar-refractivity contribution in [2.75, 3.05) is 29.4 Å². The first-order valence-corrected chi connectivity index (χ1v) is 8.91. The molecule has 0 amide bonds. The first-order valence-electron chi connectivity index (χ1n) is 8.13. The van der Waals surface area contributed by atoms with E-state index >= 15 is 0 Å². The molecule has 2 aromatic rings. The molecule has 7 nitrogen and oxygen atoms in total. The first-order chi connectivity index (χ1) is 11.6. The summed E-state index contributed by atoms with van der Waals surface area (Å²) in [5.41, 5.74) is 0.383. The summed E-state index contributed by atoms with van der Waals surface area (Å²) >= 11 is 1.47. The minimum Gasteiger partial charge on any atom is -0.350 e. The Balaban J connectivity index is 1.71. The summed E-state index contributed by atoms with van der Waals surface area (Å²) in [6, 6.07) is 2.39. The molecule has 1 atom stereocenters. The van der Waals surface area contributed by atoms with E-state index in [-0.39, 0.29) is 6.04 Å². The molecular weight excluding hydrogens is 322 g/mol. The summed E-state index contributed by atoms with van der Waals surface area (Å²) in [6.45, 7) is 8.92. The molecule has 1 aliphatic heterocycles. The Morgan fingerprint density at radius 3 is 2.83 bits per heavy atom. The van der Waals surface area contributed by atoms with Crippen molar-refractivity contribution < 1.29 is 0 Å². The Morgan fingerprint density at radius 2 is 2.12 bits per heavy atom. The molecule has 126 valence electrons. The van der Waals surface area contributed by atoms with Crippen molar-refractivity contribution in [2.24, 2.45) is 5.92 Å². The Hall–Kier alpha value is -2.27. The maximum absolute atomic E-state index is 9.21. The molecule has 2 aromatic heterocycles. The van der Waals surface area contributed by atoms with Gasteiger partial charge in [-0.1, -0.05) is 13.8 Å². The molecular formula is C16H21N7S. The number of piperazine rings is 1. The van der Waals surface area contributed by atoms with E-state index in [1.54, 1.807) is 12.4 Å². The average molecular weight is 343 g/mol. The smallest absolute Gasteiger partial charge is 0.205 e. The zero-order valence-electron chi connectivity index (χ0n) is 14.2. The van der Waals surface area contributed by atoms with E-state index in [1.807, 2.05) is 0 Å². The van der Waals surface area contributed by atoms with Crippen LogP contribution in [0, 0.1) is 17.2 Å². The van der Waals surface area contributed by atoms with Crippen molar-refractivity contribution in [1.29, 1.82) is 5.26 Å². The second-order valence-corrected chi connectivity index (χ2v) is 7.15. The summed E-state index contributed by atoms with van der Waals surface area (Å²) < 4.78 is 4.48. The van der Waals surface area contributed by atoms with E-state index < -0.39 is 0 Å². The van der Waals surface area contributed by atoms with Gasteiger partial charge in [-0.25, -0.2) is 15.0 Å². The Bertz CT molecular complexity index is 736. The highest BCUT2D eigenvalue weighted by atomic mass is 32.1. The molecule has 0 aliphatic carbocycles. The quantitative estimate of drug-likeness (QED) is 0.841. The third kappa shape index (κ3) is 3.46. The normalized spacial score (nSPS) is 18.0. The van der Waals surface area contributed by atoms with Gasteiger partial charge in [0, 0.05) is 56.0 Å². The van der Waals surface area contributed by atoms with Gasteiger partial charge in [-0.05, 0) is 12.8 Å². The fraction of sp³-hybridized carbons (Fsp3) is 0.562. The zero-order chi connectivity index (χ0) is 17.1. The van der Waals surface area contributed by atoms with Crippen LogP contribution in [0.25, 0.3) is 0 Å². The summed E-state index contributed by atoms with van der Waals surface area (Å²) in [5.74, 6) is 2.16. The van der Waals surface area contributed by atoms with Gasteiger partial charge in [-0.3, -0.25) is 0 Å². The van der Waals surface area contributed by atoms with Gasteiger partial charge < -0.3 is 9.80 Å². The minimum absolute atomic E-state index is 0.271. The summed E-state index contributed by atoms with van der Waals surface area (Å²) in [7, 11) is 0. The number of nitriles is 1. The predicted molar refractivity (Wildman–Crippen MR) is 94.2 cm³/mol. The zero-order valence-corrected chi connectivity index (χ0v) is 15.0. The van der Waals surface area contributed by atoms with E-state index in [2.05, 4.69) is 51.0 Å². The largest absolute Gasteiger partial charge is 0.350 e. The van der Waals surface area contributed by atoms with Gasteiger partial charge in [0.2, 0.25) is 5.13 Å². The second-order valence-electron chi connectivity index (χ2n) is 6.42. The van der Waals surface area contributed by atoms with Crippen LogP contribution in [0.5, 0.6) is 0 Å². The molecule has 0 spiro atoms. The molecule has 1 aliphatic rings. The van der Waals surface area contributed by atoms with Crippen molar-refractivity contribution in [3.05, 3.63) is 23.9 Å². The van der Waals surface area contributed by atoms with Gasteiger partial charge in [0.1, 0.15) is 11.9 Å². The summed E-state index contributed by atoms with van der Waals surface area (Å²) in [6.07, 6.45) is 4.10. The van der Waals surface area contributed by atoms with E-state index in [1.165, 1.54) is 11.5 Å². The first kappa shape index (κ1) is 16.6. The molecule has 1 fully saturated rings. The minimum atomic E-state index is 0.271. The summed E-state index contributed by atoms with van der Waals surface area (Å²) in [4.78, 5) is 17.6. The number of hydrogen-bond donors (Lipinski definition) is 0. The van der Waals surface area contributed by atoms with Crippen molar-refractivity contribution >= 4 is 22.5 Å². The molecule has 0 bridgehead atoms. The molecule has 0 N–H and O–H groups in total. The highest BCUT2D eigenvalue weighted by Crippen LogP contribution is 2.26. The maximum Gasteiger partial charge on any atom is 0.205 e. The summed E-state index contributed by atoms with van der Waals surface area (Å²) in [5, 5.41) is 10.2. The van der Waals surface area contributed by atoms with Crippen molar-refractivity contribution in [2.45, 2.75) is 33.2 Å². The lowest BCUT2D eigenvalue weighted by Gasteiger charge is -2.40. The molecule has 3 heterocycles. The van der Waals surface area contributed by atoms with Crippen LogP contribution in [-0.2, 0) is 6.42 Å². The number of rotatable bonds is 4. The van der Waals surface area contributed by atoms with Crippen LogP contribution in [-0.4, -0.2) is 45.0 Å². The molecule has 1 unspecified atom stereocenters. The van der Waals surface area contributed by atoms with E-state index in [0.29, 0.717) is 17.4 Å². The number of nitrogens with zero attached hydrogens (tertiary/aromatic N) is 7. The predicted octanol–water partition coefficient (Wildman–Crippen LogP) is 2.11. The lowest BCUT2D eigenvalue weighted by Crippen LogP contribution is -2.52. The highest BCUT2D eigenvalue weighted by molar-refractivity contribution is 7.09. The van der Waals surface area contributed by atoms with Crippen molar-refractivity contribution in [3.8, 4) is 6.07 Å². The third-order valence-corrected chi connectivity index (χ3v) is 4.80. The fourth-order valence-electron chi connectivity index (χ4n) is 2.88. The van der Waals surface area contributed by atoms with E-state index in [0.717, 1.165) is 37.0 Å². The van der Waals surface area contributed by atoms with Crippen LogP contribution in [0.15, 0.2) is 12.4 Å². The number of aromatic nitrogens is 4. The van der Waals surface area contributed by atoms with E-state index in [9.17, 15) is 5.26 Å². The van der Waals surface area contributed by atoms with Crippen LogP contribution in [0.4, 0.5) is 10.9 Å². The fourth-order valence-corrected chi connectivity index (χ4v) is 3.71. The highest BCUT2D eigenvalue weighted by Gasteiger charge is 2.28. The second kappa shape index (κ2) is 7.09. The Kier molecular flexibility index (Phi) is 4.90. The van der Waals surface area contributed by atoms with Crippen LogP contribution in [0.2, 0.25) is 0 Å².